The van der Waals surface area contributed by atoms with Crippen molar-refractivity contribution in [2.45, 2.75) is 19.9 Å². The largest absolute Gasteiger partial charge is 0.348 e. The van der Waals surface area contributed by atoms with Gasteiger partial charge in [0.2, 0.25) is 0 Å². The van der Waals surface area contributed by atoms with E-state index in [1.54, 1.807) is 18.2 Å². The molecule has 0 fully saturated rings. The van der Waals surface area contributed by atoms with Crippen molar-refractivity contribution < 1.29 is 4.79 Å². The van der Waals surface area contributed by atoms with Crippen LogP contribution in [-0.2, 0) is 0 Å². The summed E-state index contributed by atoms with van der Waals surface area (Å²) in [6.45, 7) is 4.19. The van der Waals surface area contributed by atoms with E-state index in [1.807, 2.05) is 0 Å². The molecular formula is C12H14BrClINO. The third-order valence-electron chi connectivity index (χ3n) is 2.41. The molecule has 1 atom stereocenters. The lowest BCUT2D eigenvalue weighted by Gasteiger charge is -2.20. The molecule has 1 unspecified atom stereocenters. The molecule has 5 heteroatoms. The summed E-state index contributed by atoms with van der Waals surface area (Å²) in [5, 5.41) is 3.57. The molecule has 0 spiro atoms. The highest BCUT2D eigenvalue weighted by molar-refractivity contribution is 14.1. The lowest BCUT2D eigenvalue weighted by molar-refractivity contribution is 0.0932. The zero-order valence-electron chi connectivity index (χ0n) is 9.64. The van der Waals surface area contributed by atoms with Crippen molar-refractivity contribution >= 4 is 56.0 Å². The normalized spacial score (nSPS) is 12.6. The summed E-state index contributed by atoms with van der Waals surface area (Å²) in [6.07, 6.45) is 0. The Kier molecular flexibility index (Phi) is 6.23. The molecule has 1 rings (SSSR count). The first-order chi connectivity index (χ1) is 7.93. The van der Waals surface area contributed by atoms with Gasteiger partial charge in [-0.1, -0.05) is 64.0 Å². The highest BCUT2D eigenvalue weighted by atomic mass is 127. The maximum atomic E-state index is 12.0. The minimum Gasteiger partial charge on any atom is -0.348 e. The van der Waals surface area contributed by atoms with Crippen LogP contribution in [0.4, 0.5) is 0 Å². The average Bonchev–Trinajstić information content (AvgIpc) is 2.23. The number of hydrogen-bond donors (Lipinski definition) is 1. The maximum Gasteiger partial charge on any atom is 0.251 e. The third kappa shape index (κ3) is 4.75. The number of rotatable bonds is 4. The Morgan fingerprint density at radius 1 is 1.47 bits per heavy atom. The SMILES string of the molecule is CC(C)C(CI)NC(=O)c1cc(Cl)cc(Br)c1. The Morgan fingerprint density at radius 2 is 2.12 bits per heavy atom. The molecule has 1 N–H and O–H groups in total. The van der Waals surface area contributed by atoms with Crippen LogP contribution in [0.2, 0.25) is 5.02 Å². The number of halogens is 3. The second kappa shape index (κ2) is 6.95. The van der Waals surface area contributed by atoms with Gasteiger partial charge in [-0.05, 0) is 24.1 Å². The number of amides is 1. The Morgan fingerprint density at radius 3 is 2.59 bits per heavy atom. The van der Waals surface area contributed by atoms with Gasteiger partial charge < -0.3 is 5.32 Å². The number of carbonyl (C=O) groups is 1. The summed E-state index contributed by atoms with van der Waals surface area (Å²) < 4.78 is 1.70. The highest BCUT2D eigenvalue weighted by Gasteiger charge is 2.16. The molecule has 1 aromatic carbocycles. The first kappa shape index (κ1) is 15.2. The van der Waals surface area contributed by atoms with Crippen molar-refractivity contribution in [1.29, 1.82) is 0 Å². The third-order valence-corrected chi connectivity index (χ3v) is 4.04. The molecule has 0 radical (unpaired) electrons. The summed E-state index contributed by atoms with van der Waals surface area (Å²) >= 11 is 11.5. The minimum atomic E-state index is -0.0800. The number of nitrogens with one attached hydrogen (secondary N) is 1. The Balaban J connectivity index is 2.82. The Bertz CT molecular complexity index is 391. The van der Waals surface area contributed by atoms with E-state index < -0.39 is 0 Å². The lowest BCUT2D eigenvalue weighted by Crippen LogP contribution is -2.39. The number of carbonyl (C=O) groups excluding carboxylic acids is 1. The molecule has 0 bridgehead atoms. The van der Waals surface area contributed by atoms with Crippen LogP contribution in [0.3, 0.4) is 0 Å². The molecule has 0 saturated heterocycles. The van der Waals surface area contributed by atoms with Crippen molar-refractivity contribution in [3.63, 3.8) is 0 Å². The van der Waals surface area contributed by atoms with Crippen LogP contribution in [-0.4, -0.2) is 16.4 Å². The predicted octanol–water partition coefficient (Wildman–Crippen LogP) is 4.29. The highest BCUT2D eigenvalue weighted by Crippen LogP contribution is 2.20. The van der Waals surface area contributed by atoms with Gasteiger partial charge in [0.15, 0.2) is 0 Å². The molecule has 0 aliphatic rings. The van der Waals surface area contributed by atoms with Crippen LogP contribution in [0.1, 0.15) is 24.2 Å². The van der Waals surface area contributed by atoms with E-state index in [-0.39, 0.29) is 11.9 Å². The molecule has 0 aliphatic heterocycles. The van der Waals surface area contributed by atoms with Gasteiger partial charge in [-0.2, -0.15) is 0 Å². The fourth-order valence-corrected chi connectivity index (χ4v) is 3.42. The second-order valence-corrected chi connectivity index (χ2v) is 6.37. The van der Waals surface area contributed by atoms with Crippen molar-refractivity contribution in [1.82, 2.24) is 5.32 Å². The quantitative estimate of drug-likeness (QED) is 0.560. The Labute approximate surface area is 129 Å². The topological polar surface area (TPSA) is 29.1 Å². The fourth-order valence-electron chi connectivity index (χ4n) is 1.32. The molecule has 0 aromatic heterocycles. The van der Waals surface area contributed by atoms with E-state index in [9.17, 15) is 4.79 Å². The van der Waals surface area contributed by atoms with E-state index in [2.05, 4.69) is 57.7 Å². The van der Waals surface area contributed by atoms with Gasteiger partial charge in [-0.25, -0.2) is 0 Å². The van der Waals surface area contributed by atoms with E-state index in [4.69, 9.17) is 11.6 Å². The molecule has 0 heterocycles. The number of benzene rings is 1. The van der Waals surface area contributed by atoms with E-state index in [0.29, 0.717) is 16.5 Å². The monoisotopic (exact) mass is 429 g/mol. The average molecular weight is 431 g/mol. The van der Waals surface area contributed by atoms with Crippen molar-refractivity contribution in [3.8, 4) is 0 Å². The molecule has 1 amide bonds. The van der Waals surface area contributed by atoms with Gasteiger partial charge in [-0.15, -0.1) is 0 Å². The second-order valence-electron chi connectivity index (χ2n) is 4.14. The van der Waals surface area contributed by atoms with Gasteiger partial charge in [0.05, 0.1) is 0 Å². The fraction of sp³-hybridized carbons (Fsp3) is 0.417. The molecule has 0 saturated carbocycles. The van der Waals surface area contributed by atoms with Gasteiger partial charge in [0.25, 0.3) is 5.91 Å². The van der Waals surface area contributed by atoms with Crippen LogP contribution in [0, 0.1) is 5.92 Å². The van der Waals surface area contributed by atoms with E-state index in [1.165, 1.54) is 0 Å². The minimum absolute atomic E-state index is 0.0800. The van der Waals surface area contributed by atoms with Gasteiger partial charge >= 0.3 is 0 Å². The molecule has 1 aromatic rings. The molecule has 94 valence electrons. The lowest BCUT2D eigenvalue weighted by atomic mass is 10.1. The molecular weight excluding hydrogens is 416 g/mol. The smallest absolute Gasteiger partial charge is 0.251 e. The van der Waals surface area contributed by atoms with Crippen LogP contribution in [0.25, 0.3) is 0 Å². The van der Waals surface area contributed by atoms with Gasteiger partial charge in [0, 0.05) is 25.5 Å². The molecule has 0 aliphatic carbocycles. The zero-order chi connectivity index (χ0) is 13.0. The zero-order valence-corrected chi connectivity index (χ0v) is 14.1. The van der Waals surface area contributed by atoms with E-state index in [0.717, 1.165) is 8.90 Å². The number of alkyl halides is 1. The Hall–Kier alpha value is 0.190. The van der Waals surface area contributed by atoms with Crippen LogP contribution < -0.4 is 5.32 Å². The van der Waals surface area contributed by atoms with Crippen molar-refractivity contribution in [2.75, 3.05) is 4.43 Å². The van der Waals surface area contributed by atoms with Crippen LogP contribution in [0.5, 0.6) is 0 Å². The summed E-state index contributed by atoms with van der Waals surface area (Å²) in [5.41, 5.74) is 0.583. The van der Waals surface area contributed by atoms with Crippen LogP contribution in [0.15, 0.2) is 22.7 Å². The predicted molar refractivity (Wildman–Crippen MR) is 84.1 cm³/mol. The van der Waals surface area contributed by atoms with Crippen LogP contribution >= 0.6 is 50.1 Å². The summed E-state index contributed by atoms with van der Waals surface area (Å²) in [5.74, 6) is 0.335. The molecule has 2 nitrogen and oxygen atoms in total. The first-order valence-electron chi connectivity index (χ1n) is 5.27. The summed E-state index contributed by atoms with van der Waals surface area (Å²) in [7, 11) is 0. The maximum absolute atomic E-state index is 12.0. The summed E-state index contributed by atoms with van der Waals surface area (Å²) in [6, 6.07) is 5.38. The van der Waals surface area contributed by atoms with Gasteiger partial charge in [0.1, 0.15) is 0 Å². The van der Waals surface area contributed by atoms with Crippen molar-refractivity contribution in [3.05, 3.63) is 33.3 Å². The number of hydrogen-bond acceptors (Lipinski definition) is 1. The van der Waals surface area contributed by atoms with Crippen molar-refractivity contribution in [2.24, 2.45) is 5.92 Å². The molecule has 17 heavy (non-hydrogen) atoms. The standard InChI is InChI=1S/C12H14BrClINO/c1-7(2)11(6-15)16-12(17)8-3-9(13)5-10(14)4-8/h3-5,7,11H,6H2,1-2H3,(H,16,17). The van der Waals surface area contributed by atoms with Gasteiger partial charge in [-0.3, -0.25) is 4.79 Å². The van der Waals surface area contributed by atoms with E-state index >= 15 is 0 Å². The first-order valence-corrected chi connectivity index (χ1v) is 7.96. The summed E-state index contributed by atoms with van der Waals surface area (Å²) in [4.78, 5) is 12.0.